The van der Waals surface area contributed by atoms with E-state index in [0.717, 1.165) is 40.7 Å². The molecule has 0 fully saturated rings. The number of amides is 2. The Morgan fingerprint density at radius 1 is 1.11 bits per heavy atom. The van der Waals surface area contributed by atoms with Crippen LogP contribution in [0.3, 0.4) is 0 Å². The zero-order valence-corrected chi connectivity index (χ0v) is 19.1. The molecular formula is C26H23N7O2. The van der Waals surface area contributed by atoms with Crippen LogP contribution in [0.1, 0.15) is 29.4 Å². The smallest absolute Gasteiger partial charge is 0.296 e. The maximum absolute atomic E-state index is 12.6. The lowest BCUT2D eigenvalue weighted by atomic mass is 9.96. The lowest BCUT2D eigenvalue weighted by molar-refractivity contribution is -0.116. The third kappa shape index (κ3) is 4.29. The van der Waals surface area contributed by atoms with E-state index >= 15 is 0 Å². The first kappa shape index (κ1) is 22.1. The van der Waals surface area contributed by atoms with Crippen LogP contribution in [-0.4, -0.2) is 37.4 Å². The Morgan fingerprint density at radius 3 is 2.69 bits per heavy atom. The van der Waals surface area contributed by atoms with Crippen molar-refractivity contribution in [2.45, 2.75) is 32.4 Å². The summed E-state index contributed by atoms with van der Waals surface area (Å²) in [4.78, 5) is 37.5. The van der Waals surface area contributed by atoms with E-state index in [0.29, 0.717) is 23.7 Å². The molecule has 4 heterocycles. The Bertz CT molecular complexity index is 1480. The SMILES string of the molecule is CC#CC(=O)NC1CCc2c(-c3ccc(C(=O)Nc4ccccn4)cc3)c3c(N)ncnc3n2C1. The van der Waals surface area contributed by atoms with Crippen LogP contribution in [0.25, 0.3) is 22.2 Å². The first-order chi connectivity index (χ1) is 17.0. The number of fused-ring (bicyclic) bond motifs is 3. The van der Waals surface area contributed by atoms with Crippen LogP contribution in [-0.2, 0) is 17.8 Å². The molecule has 4 N–H and O–H groups in total. The van der Waals surface area contributed by atoms with Gasteiger partial charge >= 0.3 is 0 Å². The molecule has 9 nitrogen and oxygen atoms in total. The predicted molar refractivity (Wildman–Crippen MR) is 133 cm³/mol. The molecule has 0 saturated heterocycles. The summed E-state index contributed by atoms with van der Waals surface area (Å²) in [5.74, 6) is 5.51. The van der Waals surface area contributed by atoms with E-state index < -0.39 is 0 Å². The van der Waals surface area contributed by atoms with E-state index in [9.17, 15) is 9.59 Å². The third-order valence-corrected chi connectivity index (χ3v) is 6.03. The molecule has 2 amide bonds. The van der Waals surface area contributed by atoms with Crippen molar-refractivity contribution < 1.29 is 9.59 Å². The average molecular weight is 466 g/mol. The maximum Gasteiger partial charge on any atom is 0.296 e. The first-order valence-corrected chi connectivity index (χ1v) is 11.2. The Kier molecular flexibility index (Phi) is 5.85. The molecule has 1 aliphatic heterocycles. The fraction of sp³-hybridized carbons (Fsp3) is 0.192. The summed E-state index contributed by atoms with van der Waals surface area (Å²) in [6.45, 7) is 2.20. The van der Waals surface area contributed by atoms with Crippen LogP contribution in [0, 0.1) is 11.8 Å². The number of nitrogens with one attached hydrogen (secondary N) is 2. The molecule has 5 rings (SSSR count). The van der Waals surface area contributed by atoms with Crippen molar-refractivity contribution in [1.29, 1.82) is 0 Å². The first-order valence-electron chi connectivity index (χ1n) is 11.2. The van der Waals surface area contributed by atoms with Gasteiger partial charge in [0.05, 0.1) is 5.39 Å². The van der Waals surface area contributed by atoms with Crippen molar-refractivity contribution in [3.05, 3.63) is 66.2 Å². The molecule has 4 aromatic rings. The van der Waals surface area contributed by atoms with Gasteiger partial charge in [-0.3, -0.25) is 9.59 Å². The van der Waals surface area contributed by atoms with Crippen LogP contribution in [0.5, 0.6) is 0 Å². The number of nitrogen functional groups attached to an aromatic ring is 1. The maximum atomic E-state index is 12.6. The normalized spacial score (nSPS) is 14.5. The van der Waals surface area contributed by atoms with Gasteiger partial charge in [-0.25, -0.2) is 15.0 Å². The van der Waals surface area contributed by atoms with Crippen molar-refractivity contribution in [1.82, 2.24) is 24.8 Å². The second-order valence-electron chi connectivity index (χ2n) is 8.22. The Balaban J connectivity index is 1.49. The molecule has 1 aromatic carbocycles. The summed E-state index contributed by atoms with van der Waals surface area (Å²) in [7, 11) is 0. The lowest BCUT2D eigenvalue weighted by Gasteiger charge is -2.26. The van der Waals surface area contributed by atoms with Gasteiger partial charge < -0.3 is 20.9 Å². The molecule has 0 bridgehead atoms. The molecule has 1 aliphatic rings. The number of hydrogen-bond acceptors (Lipinski definition) is 6. The molecular weight excluding hydrogens is 442 g/mol. The van der Waals surface area contributed by atoms with E-state index in [-0.39, 0.29) is 17.9 Å². The van der Waals surface area contributed by atoms with Crippen LogP contribution < -0.4 is 16.4 Å². The number of carbonyl (C=O) groups excluding carboxylic acids is 2. The minimum atomic E-state index is -0.286. The molecule has 35 heavy (non-hydrogen) atoms. The number of rotatable bonds is 4. The highest BCUT2D eigenvalue weighted by molar-refractivity contribution is 6.05. The van der Waals surface area contributed by atoms with Crippen LogP contribution >= 0.6 is 0 Å². The number of hydrogen-bond donors (Lipinski definition) is 3. The fourth-order valence-corrected chi connectivity index (χ4v) is 4.50. The monoisotopic (exact) mass is 465 g/mol. The molecule has 174 valence electrons. The standard InChI is InChI=1S/C26H23N7O2/c1-2-5-21(34)31-18-11-12-19-22(23-24(27)29-15-30-25(23)33(19)14-18)16-7-9-17(10-8-16)26(35)32-20-6-3-4-13-28-20/h3-4,6-10,13,15,18H,11-12,14H2,1H3,(H,31,34)(H2,27,29,30)(H,28,32,35). The molecule has 9 heteroatoms. The zero-order chi connectivity index (χ0) is 24.4. The molecule has 1 atom stereocenters. The molecule has 0 spiro atoms. The Hall–Kier alpha value is -4.71. The highest BCUT2D eigenvalue weighted by atomic mass is 16.2. The number of aromatic nitrogens is 4. The third-order valence-electron chi connectivity index (χ3n) is 6.03. The van der Waals surface area contributed by atoms with Gasteiger partial charge in [-0.05, 0) is 55.5 Å². The van der Waals surface area contributed by atoms with Crippen LogP contribution in [0.2, 0.25) is 0 Å². The number of anilines is 2. The number of nitrogens with two attached hydrogens (primary N) is 1. The summed E-state index contributed by atoms with van der Waals surface area (Å²) >= 11 is 0. The van der Waals surface area contributed by atoms with Gasteiger partial charge in [-0.15, -0.1) is 0 Å². The van der Waals surface area contributed by atoms with Gasteiger partial charge in [0.2, 0.25) is 0 Å². The second-order valence-corrected chi connectivity index (χ2v) is 8.22. The predicted octanol–water partition coefficient (Wildman–Crippen LogP) is 2.78. The molecule has 1 unspecified atom stereocenters. The van der Waals surface area contributed by atoms with Gasteiger partial charge in [-0.2, -0.15) is 0 Å². The largest absolute Gasteiger partial charge is 0.383 e. The van der Waals surface area contributed by atoms with Crippen molar-refractivity contribution in [3.63, 3.8) is 0 Å². The van der Waals surface area contributed by atoms with Gasteiger partial charge in [0.1, 0.15) is 23.6 Å². The van der Waals surface area contributed by atoms with Gasteiger partial charge in [-0.1, -0.05) is 24.1 Å². The summed E-state index contributed by atoms with van der Waals surface area (Å²) < 4.78 is 2.10. The minimum Gasteiger partial charge on any atom is -0.383 e. The van der Waals surface area contributed by atoms with Crippen LogP contribution in [0.15, 0.2) is 55.0 Å². The Labute approximate surface area is 201 Å². The molecule has 3 aromatic heterocycles. The fourth-order valence-electron chi connectivity index (χ4n) is 4.50. The van der Waals surface area contributed by atoms with Gasteiger partial charge in [0, 0.05) is 35.6 Å². The number of benzene rings is 1. The van der Waals surface area contributed by atoms with Crippen molar-refractivity contribution in [3.8, 4) is 23.0 Å². The summed E-state index contributed by atoms with van der Waals surface area (Å²) in [5, 5.41) is 6.54. The van der Waals surface area contributed by atoms with Crippen molar-refractivity contribution in [2.75, 3.05) is 11.1 Å². The number of pyridine rings is 1. The van der Waals surface area contributed by atoms with E-state index in [1.165, 1.54) is 6.33 Å². The number of carbonyl (C=O) groups is 2. The summed E-state index contributed by atoms with van der Waals surface area (Å²) in [6, 6.07) is 12.6. The number of nitrogens with zero attached hydrogens (tertiary/aromatic N) is 4. The topological polar surface area (TPSA) is 128 Å². The lowest BCUT2D eigenvalue weighted by Crippen LogP contribution is -2.40. The van der Waals surface area contributed by atoms with E-state index in [4.69, 9.17) is 5.73 Å². The van der Waals surface area contributed by atoms with Crippen LogP contribution in [0.4, 0.5) is 11.6 Å². The highest BCUT2D eigenvalue weighted by Crippen LogP contribution is 2.39. The Morgan fingerprint density at radius 2 is 1.94 bits per heavy atom. The minimum absolute atomic E-state index is 0.0619. The quantitative estimate of drug-likeness (QED) is 0.398. The van der Waals surface area contributed by atoms with E-state index in [1.807, 2.05) is 18.2 Å². The molecule has 0 saturated carbocycles. The highest BCUT2D eigenvalue weighted by Gasteiger charge is 2.28. The zero-order valence-electron chi connectivity index (χ0n) is 19.1. The summed E-state index contributed by atoms with van der Waals surface area (Å²) in [5.41, 5.74) is 10.5. The van der Waals surface area contributed by atoms with Crippen molar-refractivity contribution >= 4 is 34.5 Å². The molecule has 0 aliphatic carbocycles. The second kappa shape index (κ2) is 9.27. The van der Waals surface area contributed by atoms with E-state index in [2.05, 4.69) is 42.0 Å². The van der Waals surface area contributed by atoms with Gasteiger partial charge in [0.25, 0.3) is 11.8 Å². The van der Waals surface area contributed by atoms with Crippen molar-refractivity contribution in [2.24, 2.45) is 0 Å². The average Bonchev–Trinajstić information content (AvgIpc) is 3.20. The summed E-state index contributed by atoms with van der Waals surface area (Å²) in [6.07, 6.45) is 4.56. The molecule has 0 radical (unpaired) electrons. The van der Waals surface area contributed by atoms with E-state index in [1.54, 1.807) is 37.4 Å². The van der Waals surface area contributed by atoms with Gasteiger partial charge in [0.15, 0.2) is 0 Å².